The van der Waals surface area contributed by atoms with Crippen LogP contribution in [0.2, 0.25) is 0 Å². The molecule has 0 aliphatic carbocycles. The normalized spacial score (nSPS) is 15.2. The van der Waals surface area contributed by atoms with Gasteiger partial charge in [-0.3, -0.25) is 9.46 Å². The van der Waals surface area contributed by atoms with Gasteiger partial charge in [-0.25, -0.2) is 0 Å². The zero-order valence-electron chi connectivity index (χ0n) is 10.9. The average Bonchev–Trinajstić information content (AvgIpc) is 2.06. The van der Waals surface area contributed by atoms with E-state index < -0.39 is 27.8 Å². The molecule has 0 aromatic heterocycles. The van der Waals surface area contributed by atoms with E-state index in [4.69, 9.17) is 14.7 Å². The first kappa shape index (κ1) is 21.6. The summed E-state index contributed by atoms with van der Waals surface area (Å²) in [5.41, 5.74) is 0. The fraction of sp³-hybridized carbons (Fsp3) is 1.00. The van der Waals surface area contributed by atoms with Gasteiger partial charge in [0.05, 0.1) is 6.29 Å². The molecular weight excluding hydrogens is 291 g/mol. The van der Waals surface area contributed by atoms with Crippen LogP contribution in [0, 0.1) is 0 Å². The van der Waals surface area contributed by atoms with Gasteiger partial charge in [-0.15, -0.1) is 0 Å². The summed E-state index contributed by atoms with van der Waals surface area (Å²) >= 11 is 0. The van der Waals surface area contributed by atoms with Gasteiger partial charge in [0.15, 0.2) is 0 Å². The van der Waals surface area contributed by atoms with Crippen LogP contribution in [0.4, 0.5) is 0 Å². The Labute approximate surface area is 130 Å². The van der Waals surface area contributed by atoms with Crippen LogP contribution in [0.5, 0.6) is 0 Å². The Morgan fingerprint density at radius 3 is 2.00 bits per heavy atom. The van der Waals surface area contributed by atoms with E-state index in [1.165, 1.54) is 0 Å². The van der Waals surface area contributed by atoms with Crippen molar-refractivity contribution in [2.75, 3.05) is 19.1 Å². The van der Waals surface area contributed by atoms with Crippen molar-refractivity contribution in [1.29, 1.82) is 0 Å². The van der Waals surface area contributed by atoms with Crippen molar-refractivity contribution < 1.29 is 58.3 Å². The van der Waals surface area contributed by atoms with Crippen LogP contribution in [0.1, 0.15) is 32.6 Å². The molecule has 104 valence electrons. The Kier molecular flexibility index (Phi) is 12.0. The molecule has 3 N–H and O–H groups in total. The maximum Gasteiger partial charge on any atom is 1.00 e. The average molecular weight is 311 g/mol. The number of unbranched alkanes of at least 4 members (excludes halogenated alkanes) is 3. The first-order chi connectivity index (χ1) is 7.64. The first-order valence-electron chi connectivity index (χ1n) is 5.44. The molecule has 0 aromatic carbocycles. The largest absolute Gasteiger partial charge is 1.00 e. The van der Waals surface area contributed by atoms with Gasteiger partial charge in [0, 0.05) is 0 Å². The molecule has 1 unspecified atom stereocenters. The van der Waals surface area contributed by atoms with Crippen molar-refractivity contribution in [3.63, 3.8) is 0 Å². The third-order valence-corrected chi connectivity index (χ3v) is 3.62. The van der Waals surface area contributed by atoms with Crippen molar-refractivity contribution in [3.05, 3.63) is 0 Å². The van der Waals surface area contributed by atoms with E-state index in [2.05, 4.69) is 0 Å². The molecule has 0 saturated carbocycles. The molecule has 0 aliphatic rings. The Morgan fingerprint density at radius 1 is 1.06 bits per heavy atom. The number of hydrogen-bond donors (Lipinski definition) is 3. The van der Waals surface area contributed by atoms with Crippen LogP contribution in [0.25, 0.3) is 0 Å². The molecule has 18 heavy (non-hydrogen) atoms. The summed E-state index contributed by atoms with van der Waals surface area (Å²) in [6.45, 7) is 2.27. The fourth-order valence-corrected chi connectivity index (χ4v) is 3.13. The minimum absolute atomic E-state index is 0. The Bertz CT molecular complexity index is 280. The van der Waals surface area contributed by atoms with Crippen LogP contribution in [0.3, 0.4) is 0 Å². The van der Waals surface area contributed by atoms with Crippen LogP contribution in [-0.2, 0) is 9.13 Å². The first-order valence-corrected chi connectivity index (χ1v) is 9.00. The summed E-state index contributed by atoms with van der Waals surface area (Å²) in [6.07, 6.45) is 2.14. The van der Waals surface area contributed by atoms with Gasteiger partial charge in [-0.05, 0) is 13.0 Å². The van der Waals surface area contributed by atoms with Crippen LogP contribution in [-0.4, -0.2) is 38.7 Å². The van der Waals surface area contributed by atoms with Crippen molar-refractivity contribution in [2.45, 2.75) is 32.6 Å². The molecule has 0 spiro atoms. The molecule has 0 amide bonds. The fourth-order valence-electron chi connectivity index (χ4n) is 1.46. The molecule has 0 bridgehead atoms. The summed E-state index contributed by atoms with van der Waals surface area (Å²) in [6, 6.07) is 0. The second-order valence-corrected chi connectivity index (χ2v) is 7.21. The SMILES string of the molecule is CCCCCCN(CP(=O)([O-])O)CP(=O)(O)O.[Na+]. The predicted octanol–water partition coefficient (Wildman–Crippen LogP) is -2.49. The zero-order chi connectivity index (χ0) is 13.5. The van der Waals surface area contributed by atoms with E-state index in [1.807, 2.05) is 6.92 Å². The van der Waals surface area contributed by atoms with Crippen LogP contribution in [0.15, 0.2) is 0 Å². The predicted molar refractivity (Wildman–Crippen MR) is 62.5 cm³/mol. The van der Waals surface area contributed by atoms with E-state index in [-0.39, 0.29) is 36.1 Å². The molecule has 10 heteroatoms. The van der Waals surface area contributed by atoms with Gasteiger partial charge in [0.25, 0.3) is 0 Å². The maximum absolute atomic E-state index is 10.8. The molecule has 7 nitrogen and oxygen atoms in total. The standard InChI is InChI=1S/C8H21NO6P2.Na/c1-2-3-4-5-6-9(7-16(10,11)12)8-17(13,14)15;/h2-8H2,1H3,(H2,10,11,12)(H2,13,14,15);/q;+1/p-1. The summed E-state index contributed by atoms with van der Waals surface area (Å²) in [4.78, 5) is 38.0. The Balaban J connectivity index is 0. The summed E-state index contributed by atoms with van der Waals surface area (Å²) in [5, 5.41) is 0. The second kappa shape index (κ2) is 10.1. The Hall–Kier alpha value is 1.26. The van der Waals surface area contributed by atoms with Crippen molar-refractivity contribution >= 4 is 15.2 Å². The number of hydrogen-bond acceptors (Lipinski definition) is 4. The van der Waals surface area contributed by atoms with Gasteiger partial charge in [-0.1, -0.05) is 26.2 Å². The van der Waals surface area contributed by atoms with Crippen molar-refractivity contribution in [1.82, 2.24) is 4.90 Å². The minimum atomic E-state index is -4.53. The zero-order valence-corrected chi connectivity index (χ0v) is 14.6. The molecule has 0 aromatic rings. The molecule has 1 atom stereocenters. The molecule has 0 fully saturated rings. The third kappa shape index (κ3) is 15.3. The molecule has 0 radical (unpaired) electrons. The molecule has 0 saturated heterocycles. The van der Waals surface area contributed by atoms with E-state index in [1.54, 1.807) is 0 Å². The summed E-state index contributed by atoms with van der Waals surface area (Å²) in [5.74, 6) is 0. The monoisotopic (exact) mass is 311 g/mol. The van der Waals surface area contributed by atoms with Gasteiger partial charge in [0.1, 0.15) is 13.9 Å². The maximum atomic E-state index is 10.8. The van der Waals surface area contributed by atoms with Gasteiger partial charge >= 0.3 is 37.2 Å². The smallest absolute Gasteiger partial charge is 0.778 e. The van der Waals surface area contributed by atoms with E-state index in [0.29, 0.717) is 6.42 Å². The van der Waals surface area contributed by atoms with Gasteiger partial charge in [-0.2, -0.15) is 0 Å². The van der Waals surface area contributed by atoms with Crippen LogP contribution < -0.4 is 34.5 Å². The van der Waals surface area contributed by atoms with E-state index in [0.717, 1.165) is 24.2 Å². The molecule has 0 aliphatic heterocycles. The van der Waals surface area contributed by atoms with E-state index >= 15 is 0 Å². The van der Waals surface area contributed by atoms with Gasteiger partial charge in [0.2, 0.25) is 0 Å². The Morgan fingerprint density at radius 2 is 1.61 bits per heavy atom. The van der Waals surface area contributed by atoms with Crippen LogP contribution >= 0.6 is 15.2 Å². The summed E-state index contributed by atoms with van der Waals surface area (Å²) < 4.78 is 21.5. The molecule has 0 rings (SSSR count). The van der Waals surface area contributed by atoms with Gasteiger partial charge < -0.3 is 24.1 Å². The molecular formula is C8H20NNaO6P2. The second-order valence-electron chi connectivity index (χ2n) is 4.04. The minimum Gasteiger partial charge on any atom is -0.778 e. The quantitative estimate of drug-likeness (QED) is 0.245. The van der Waals surface area contributed by atoms with E-state index in [9.17, 15) is 14.0 Å². The number of rotatable bonds is 9. The topological polar surface area (TPSA) is 121 Å². The van der Waals surface area contributed by atoms with Crippen molar-refractivity contribution in [2.24, 2.45) is 0 Å². The van der Waals surface area contributed by atoms with Crippen molar-refractivity contribution in [3.8, 4) is 0 Å². The summed E-state index contributed by atoms with van der Waals surface area (Å²) in [7, 11) is -8.84. The third-order valence-electron chi connectivity index (χ3n) is 2.09. The number of nitrogens with zero attached hydrogens (tertiary/aromatic N) is 1. The molecule has 0 heterocycles.